The molecule has 7 heteroatoms. The maximum atomic E-state index is 12.8. The van der Waals surface area contributed by atoms with E-state index in [4.69, 9.17) is 4.74 Å². The molecule has 1 unspecified atom stereocenters. The first-order valence-corrected chi connectivity index (χ1v) is 9.28. The summed E-state index contributed by atoms with van der Waals surface area (Å²) < 4.78 is 5.46. The molecule has 0 bridgehead atoms. The molecule has 1 atom stereocenters. The second-order valence-corrected chi connectivity index (χ2v) is 6.90. The van der Waals surface area contributed by atoms with Gasteiger partial charge in [0.2, 0.25) is 5.91 Å². The van der Waals surface area contributed by atoms with E-state index in [1.54, 1.807) is 13.2 Å². The van der Waals surface area contributed by atoms with E-state index in [1.165, 1.54) is 11.3 Å². The van der Waals surface area contributed by atoms with Crippen molar-refractivity contribution >= 4 is 35.4 Å². The summed E-state index contributed by atoms with van der Waals surface area (Å²) in [4.78, 5) is 27.5. The van der Waals surface area contributed by atoms with Crippen LogP contribution in [0.25, 0.3) is 0 Å². The molecular weight excluding hydrogens is 372 g/mol. The Labute approximate surface area is 163 Å². The van der Waals surface area contributed by atoms with E-state index in [0.29, 0.717) is 13.1 Å². The van der Waals surface area contributed by atoms with Crippen molar-refractivity contribution in [2.75, 3.05) is 26.7 Å². The molecule has 1 aromatic carbocycles. The zero-order chi connectivity index (χ0) is 17.6. The fraction of sp³-hybridized carbons (Fsp3) is 0.368. The number of hydrogen-bond donors (Lipinski definition) is 1. The average Bonchev–Trinajstić information content (AvgIpc) is 3.20. The number of nitrogens with zero attached hydrogens (tertiary/aromatic N) is 1. The van der Waals surface area contributed by atoms with Crippen molar-refractivity contribution in [1.29, 1.82) is 0 Å². The normalized spacial score (nSPS) is 16.7. The summed E-state index contributed by atoms with van der Waals surface area (Å²) in [7, 11) is 1.64. The molecule has 0 saturated carbocycles. The lowest BCUT2D eigenvalue weighted by Gasteiger charge is -2.37. The summed E-state index contributed by atoms with van der Waals surface area (Å²) in [5, 5.41) is 5.22. The number of nitrogens with one attached hydrogen (secondary N) is 1. The molecule has 0 spiro atoms. The number of carbonyl (C=O) groups excluding carboxylic acids is 2. The molecule has 1 fully saturated rings. The first kappa shape index (κ1) is 20.4. The number of para-hydroxylation sites is 1. The Morgan fingerprint density at radius 3 is 2.77 bits per heavy atom. The molecule has 2 aromatic rings. The number of halogens is 1. The highest BCUT2D eigenvalue weighted by atomic mass is 35.5. The minimum Gasteiger partial charge on any atom is -0.496 e. The zero-order valence-electron chi connectivity index (χ0n) is 14.6. The number of carbonyl (C=O) groups is 2. The van der Waals surface area contributed by atoms with Gasteiger partial charge < -0.3 is 15.0 Å². The van der Waals surface area contributed by atoms with Crippen LogP contribution in [-0.2, 0) is 4.79 Å². The number of ketones is 1. The van der Waals surface area contributed by atoms with Crippen molar-refractivity contribution in [2.45, 2.75) is 18.9 Å². The maximum Gasteiger partial charge on any atom is 0.223 e. The number of Topliss-reactive ketones (excluding diaryl/α,β-unsaturated/α-hetero) is 1. The van der Waals surface area contributed by atoms with E-state index in [2.05, 4.69) is 5.32 Å². The van der Waals surface area contributed by atoms with Crippen LogP contribution < -0.4 is 10.1 Å². The Hall–Kier alpha value is -1.89. The third-order valence-electron chi connectivity index (χ3n) is 4.42. The first-order chi connectivity index (χ1) is 12.2. The SMILES string of the molecule is COc1ccccc1C1CNCCN1C(=O)CCC(=O)c1cccs1.Cl. The largest absolute Gasteiger partial charge is 0.496 e. The molecule has 5 nitrogen and oxygen atoms in total. The topological polar surface area (TPSA) is 58.6 Å². The smallest absolute Gasteiger partial charge is 0.223 e. The third-order valence-corrected chi connectivity index (χ3v) is 5.33. The zero-order valence-corrected chi connectivity index (χ0v) is 16.3. The van der Waals surface area contributed by atoms with Gasteiger partial charge in [-0.2, -0.15) is 0 Å². The maximum absolute atomic E-state index is 12.8. The van der Waals surface area contributed by atoms with Crippen LogP contribution in [0.2, 0.25) is 0 Å². The standard InChI is InChI=1S/C19H22N2O3S.ClH/c1-24-17-6-3-2-5-14(17)15-13-20-10-11-21(15)19(23)9-8-16(22)18-7-4-12-25-18;/h2-7,12,15,20H,8-11,13H2,1H3;1H. The van der Waals surface area contributed by atoms with Gasteiger partial charge in [0.15, 0.2) is 5.78 Å². The molecule has 1 amide bonds. The third kappa shape index (κ3) is 4.63. The van der Waals surface area contributed by atoms with E-state index in [0.717, 1.165) is 22.7 Å². The Balaban J connectivity index is 0.00000243. The van der Waals surface area contributed by atoms with Gasteiger partial charge in [0.1, 0.15) is 5.75 Å². The number of benzene rings is 1. The summed E-state index contributed by atoms with van der Waals surface area (Å²) >= 11 is 1.42. The van der Waals surface area contributed by atoms with Crippen LogP contribution in [0.15, 0.2) is 41.8 Å². The number of rotatable bonds is 6. The fourth-order valence-electron chi connectivity index (χ4n) is 3.15. The lowest BCUT2D eigenvalue weighted by atomic mass is 10.0. The molecule has 1 aromatic heterocycles. The second-order valence-electron chi connectivity index (χ2n) is 5.95. The van der Waals surface area contributed by atoms with Gasteiger partial charge in [-0.05, 0) is 17.5 Å². The van der Waals surface area contributed by atoms with Gasteiger partial charge in [0.05, 0.1) is 18.0 Å². The Morgan fingerprint density at radius 2 is 2.04 bits per heavy atom. The molecular formula is C19H23ClN2O3S. The monoisotopic (exact) mass is 394 g/mol. The summed E-state index contributed by atoms with van der Waals surface area (Å²) in [6, 6.07) is 11.4. The second kappa shape index (κ2) is 9.71. The van der Waals surface area contributed by atoms with E-state index >= 15 is 0 Å². The van der Waals surface area contributed by atoms with Gasteiger partial charge in [0.25, 0.3) is 0 Å². The fourth-order valence-corrected chi connectivity index (χ4v) is 3.84. The van der Waals surface area contributed by atoms with E-state index in [-0.39, 0.29) is 43.0 Å². The van der Waals surface area contributed by atoms with Crippen molar-refractivity contribution in [3.63, 3.8) is 0 Å². The molecule has 1 N–H and O–H groups in total. The van der Waals surface area contributed by atoms with E-state index < -0.39 is 0 Å². The van der Waals surface area contributed by atoms with Crippen molar-refractivity contribution in [3.05, 3.63) is 52.2 Å². The molecule has 3 rings (SSSR count). The molecule has 0 radical (unpaired) electrons. The van der Waals surface area contributed by atoms with Gasteiger partial charge >= 0.3 is 0 Å². The number of ether oxygens (including phenoxy) is 1. The predicted molar refractivity (Wildman–Crippen MR) is 105 cm³/mol. The summed E-state index contributed by atoms with van der Waals surface area (Å²) in [5.41, 5.74) is 0.995. The minimum atomic E-state index is -0.0748. The number of piperazine rings is 1. The van der Waals surface area contributed by atoms with Crippen LogP contribution in [0.5, 0.6) is 5.75 Å². The summed E-state index contributed by atoms with van der Waals surface area (Å²) in [6.07, 6.45) is 0.490. The van der Waals surface area contributed by atoms with Gasteiger partial charge in [-0.15, -0.1) is 23.7 Å². The van der Waals surface area contributed by atoms with Crippen LogP contribution >= 0.6 is 23.7 Å². The highest BCUT2D eigenvalue weighted by Crippen LogP contribution is 2.30. The highest BCUT2D eigenvalue weighted by molar-refractivity contribution is 7.12. The van der Waals surface area contributed by atoms with Gasteiger partial charge in [-0.25, -0.2) is 0 Å². The minimum absolute atomic E-state index is 0. The van der Waals surface area contributed by atoms with Gasteiger partial charge in [0, 0.05) is 38.0 Å². The summed E-state index contributed by atoms with van der Waals surface area (Å²) in [6.45, 7) is 2.08. The van der Waals surface area contributed by atoms with Crippen LogP contribution in [0.3, 0.4) is 0 Å². The van der Waals surface area contributed by atoms with Crippen LogP contribution in [-0.4, -0.2) is 43.3 Å². The number of amides is 1. The molecule has 140 valence electrons. The number of hydrogen-bond acceptors (Lipinski definition) is 5. The van der Waals surface area contributed by atoms with Crippen molar-refractivity contribution in [1.82, 2.24) is 10.2 Å². The summed E-state index contributed by atoms with van der Waals surface area (Å²) in [5.74, 6) is 0.832. The van der Waals surface area contributed by atoms with Crippen molar-refractivity contribution < 1.29 is 14.3 Å². The molecule has 1 aliphatic rings. The number of thiophene rings is 1. The molecule has 1 saturated heterocycles. The van der Waals surface area contributed by atoms with E-state index in [9.17, 15) is 9.59 Å². The van der Waals surface area contributed by atoms with Gasteiger partial charge in [-0.1, -0.05) is 24.3 Å². The van der Waals surface area contributed by atoms with E-state index in [1.807, 2.05) is 40.6 Å². The lowest BCUT2D eigenvalue weighted by molar-refractivity contribution is -0.134. The molecule has 26 heavy (non-hydrogen) atoms. The van der Waals surface area contributed by atoms with Crippen LogP contribution in [0.1, 0.15) is 34.1 Å². The molecule has 0 aliphatic carbocycles. The Morgan fingerprint density at radius 1 is 1.23 bits per heavy atom. The predicted octanol–water partition coefficient (Wildman–Crippen LogP) is 3.31. The Bertz CT molecular complexity index is 736. The van der Waals surface area contributed by atoms with Gasteiger partial charge in [-0.3, -0.25) is 9.59 Å². The highest BCUT2D eigenvalue weighted by Gasteiger charge is 2.29. The van der Waals surface area contributed by atoms with Crippen molar-refractivity contribution in [2.24, 2.45) is 0 Å². The van der Waals surface area contributed by atoms with Crippen LogP contribution in [0.4, 0.5) is 0 Å². The lowest BCUT2D eigenvalue weighted by Crippen LogP contribution is -2.48. The Kier molecular flexibility index (Phi) is 7.63. The van der Waals surface area contributed by atoms with Crippen molar-refractivity contribution in [3.8, 4) is 5.75 Å². The molecule has 2 heterocycles. The van der Waals surface area contributed by atoms with Crippen LogP contribution in [0, 0.1) is 0 Å². The molecule has 1 aliphatic heterocycles. The quantitative estimate of drug-likeness (QED) is 0.763. The number of methoxy groups -OCH3 is 1. The first-order valence-electron chi connectivity index (χ1n) is 8.40. The average molecular weight is 395 g/mol.